The van der Waals surface area contributed by atoms with Gasteiger partial charge in [-0.05, 0) is 55.8 Å². The molecule has 3 rings (SSSR count). The van der Waals surface area contributed by atoms with E-state index in [1.165, 1.54) is 44.6 Å². The van der Waals surface area contributed by atoms with Crippen LogP contribution in [0.1, 0.15) is 45.3 Å². The van der Waals surface area contributed by atoms with Crippen molar-refractivity contribution in [2.75, 3.05) is 46.3 Å². The third-order valence-corrected chi connectivity index (χ3v) is 5.79. The number of nitrogens with one attached hydrogen (secondary N) is 1. The number of halogens is 1. The van der Waals surface area contributed by atoms with E-state index < -0.39 is 0 Å². The maximum absolute atomic E-state index is 13.3. The van der Waals surface area contributed by atoms with Gasteiger partial charge in [-0.25, -0.2) is 4.39 Å². The lowest BCUT2D eigenvalue weighted by molar-refractivity contribution is -0.0605. The molecule has 29 heavy (non-hydrogen) atoms. The first kappa shape index (κ1) is 22.0. The van der Waals surface area contributed by atoms with E-state index in [-0.39, 0.29) is 18.0 Å². The van der Waals surface area contributed by atoms with Crippen LogP contribution in [0, 0.1) is 17.7 Å². The highest BCUT2D eigenvalue weighted by molar-refractivity contribution is 5.80. The molecule has 0 aromatic heterocycles. The van der Waals surface area contributed by atoms with Gasteiger partial charge in [0, 0.05) is 33.2 Å². The summed E-state index contributed by atoms with van der Waals surface area (Å²) in [6.45, 7) is 12.7. The molecule has 2 aliphatic rings. The largest absolute Gasteiger partial charge is 0.367 e. The van der Waals surface area contributed by atoms with Crippen molar-refractivity contribution in [2.45, 2.75) is 45.8 Å². The molecule has 1 aromatic rings. The van der Waals surface area contributed by atoms with Gasteiger partial charge < -0.3 is 19.9 Å². The average Bonchev–Trinajstić information content (AvgIpc) is 2.68. The number of guanidine groups is 1. The Hall–Kier alpha value is -1.66. The van der Waals surface area contributed by atoms with Crippen molar-refractivity contribution < 1.29 is 9.13 Å². The van der Waals surface area contributed by atoms with Crippen molar-refractivity contribution in [1.82, 2.24) is 15.1 Å². The van der Waals surface area contributed by atoms with Crippen molar-refractivity contribution in [3.05, 3.63) is 35.6 Å². The second-order valence-corrected chi connectivity index (χ2v) is 8.98. The molecule has 1 aromatic carbocycles. The highest BCUT2D eigenvalue weighted by Gasteiger charge is 2.29. The summed E-state index contributed by atoms with van der Waals surface area (Å²) >= 11 is 0. The van der Waals surface area contributed by atoms with E-state index in [2.05, 4.69) is 40.9 Å². The molecular formula is C23H37FN4O. The molecular weight excluding hydrogens is 367 g/mol. The van der Waals surface area contributed by atoms with Crippen LogP contribution in [0.5, 0.6) is 0 Å². The number of likely N-dealkylation sites (tertiary alicyclic amines) is 1. The minimum atomic E-state index is -0.217. The Kier molecular flexibility index (Phi) is 7.90. The monoisotopic (exact) mass is 404 g/mol. The van der Waals surface area contributed by atoms with Crippen molar-refractivity contribution in [1.29, 1.82) is 0 Å². The number of morpholine rings is 1. The Morgan fingerprint density at radius 1 is 1.24 bits per heavy atom. The topological polar surface area (TPSA) is 40.1 Å². The maximum Gasteiger partial charge on any atom is 0.193 e. The van der Waals surface area contributed by atoms with Crippen LogP contribution in [0.4, 0.5) is 4.39 Å². The van der Waals surface area contributed by atoms with Crippen LogP contribution in [0.3, 0.4) is 0 Å². The lowest BCUT2D eigenvalue weighted by Gasteiger charge is -2.39. The Labute approximate surface area is 175 Å². The van der Waals surface area contributed by atoms with Gasteiger partial charge in [0.15, 0.2) is 5.96 Å². The van der Waals surface area contributed by atoms with Gasteiger partial charge in [-0.2, -0.15) is 0 Å². The van der Waals surface area contributed by atoms with Gasteiger partial charge in [0.25, 0.3) is 0 Å². The molecule has 162 valence electrons. The van der Waals surface area contributed by atoms with Gasteiger partial charge >= 0.3 is 0 Å². The highest BCUT2D eigenvalue weighted by atomic mass is 19.1. The van der Waals surface area contributed by atoms with Crippen LogP contribution in [0.25, 0.3) is 0 Å². The predicted molar refractivity (Wildman–Crippen MR) is 117 cm³/mol. The molecule has 0 amide bonds. The third kappa shape index (κ3) is 6.41. The molecule has 0 bridgehead atoms. The number of aliphatic imine (C=N–C) groups is 1. The second kappa shape index (κ2) is 10.4. The Bertz CT molecular complexity index is 663. The number of hydrogen-bond donors (Lipinski definition) is 1. The minimum absolute atomic E-state index is 0.0749. The van der Waals surface area contributed by atoms with Crippen LogP contribution in [-0.4, -0.2) is 68.2 Å². The molecule has 5 nitrogen and oxygen atoms in total. The normalized spacial score (nSPS) is 26.8. The van der Waals surface area contributed by atoms with Gasteiger partial charge in [-0.1, -0.05) is 26.0 Å². The summed E-state index contributed by atoms with van der Waals surface area (Å²) in [6.07, 6.45) is 2.57. The molecule has 2 saturated heterocycles. The van der Waals surface area contributed by atoms with Crippen LogP contribution in [0.2, 0.25) is 0 Å². The van der Waals surface area contributed by atoms with Crippen LogP contribution in [-0.2, 0) is 4.74 Å². The Morgan fingerprint density at radius 3 is 2.69 bits per heavy atom. The van der Waals surface area contributed by atoms with Gasteiger partial charge in [-0.3, -0.25) is 4.99 Å². The summed E-state index contributed by atoms with van der Waals surface area (Å²) in [5.74, 6) is 2.09. The zero-order chi connectivity index (χ0) is 20.8. The van der Waals surface area contributed by atoms with E-state index >= 15 is 0 Å². The third-order valence-electron chi connectivity index (χ3n) is 5.79. The molecule has 2 aliphatic heterocycles. The number of rotatable bonds is 5. The van der Waals surface area contributed by atoms with Gasteiger partial charge in [0.05, 0.1) is 12.6 Å². The zero-order valence-corrected chi connectivity index (χ0v) is 18.4. The van der Waals surface area contributed by atoms with Crippen molar-refractivity contribution in [3.63, 3.8) is 0 Å². The lowest BCUT2D eigenvalue weighted by atomic mass is 9.97. The highest BCUT2D eigenvalue weighted by Crippen LogP contribution is 2.25. The first-order valence-corrected chi connectivity index (χ1v) is 11.0. The molecule has 6 heteroatoms. The summed E-state index contributed by atoms with van der Waals surface area (Å²) in [7, 11) is 1.85. The van der Waals surface area contributed by atoms with E-state index in [1.54, 1.807) is 0 Å². The summed E-state index contributed by atoms with van der Waals surface area (Å²) < 4.78 is 19.4. The van der Waals surface area contributed by atoms with Crippen molar-refractivity contribution >= 4 is 5.96 Å². The first-order chi connectivity index (χ1) is 13.9. The number of hydrogen-bond acceptors (Lipinski definition) is 3. The van der Waals surface area contributed by atoms with Crippen molar-refractivity contribution in [2.24, 2.45) is 16.8 Å². The van der Waals surface area contributed by atoms with Crippen LogP contribution in [0.15, 0.2) is 29.3 Å². The lowest BCUT2D eigenvalue weighted by Crippen LogP contribution is -2.52. The molecule has 1 N–H and O–H groups in total. The molecule has 0 saturated carbocycles. The number of piperidine rings is 1. The summed E-state index contributed by atoms with van der Waals surface area (Å²) in [4.78, 5) is 9.42. The Balaban J connectivity index is 1.56. The first-order valence-electron chi connectivity index (χ1n) is 11.0. The van der Waals surface area contributed by atoms with E-state index in [1.807, 2.05) is 19.2 Å². The summed E-state index contributed by atoms with van der Waals surface area (Å²) in [5, 5.41) is 3.62. The minimum Gasteiger partial charge on any atom is -0.367 e. The summed E-state index contributed by atoms with van der Waals surface area (Å²) in [6, 6.07) is 6.64. The standard InChI is InChI=1S/C23H37FN4O/c1-17(2)13-27-11-5-6-19(15-27)12-26-23(25-4)28-14-18(3)29-22(16-28)20-7-9-21(24)10-8-20/h7-10,17-19,22H,5-6,11-16H2,1-4H3,(H,25,26). The fraction of sp³-hybridized carbons (Fsp3) is 0.696. The molecule has 0 aliphatic carbocycles. The molecule has 0 radical (unpaired) electrons. The SMILES string of the molecule is CN=C(NCC1CCCN(CC(C)C)C1)N1CC(C)OC(c2ccc(F)cc2)C1. The average molecular weight is 405 g/mol. The smallest absolute Gasteiger partial charge is 0.193 e. The van der Waals surface area contributed by atoms with Gasteiger partial charge in [0.1, 0.15) is 11.9 Å². The quantitative estimate of drug-likeness (QED) is 0.602. The molecule has 2 fully saturated rings. The number of benzene rings is 1. The van der Waals surface area contributed by atoms with Gasteiger partial charge in [-0.15, -0.1) is 0 Å². The zero-order valence-electron chi connectivity index (χ0n) is 18.4. The number of nitrogens with zero attached hydrogens (tertiary/aromatic N) is 3. The second-order valence-electron chi connectivity index (χ2n) is 8.98. The van der Waals surface area contributed by atoms with E-state index in [4.69, 9.17) is 4.74 Å². The predicted octanol–water partition coefficient (Wildman–Crippen LogP) is 3.53. The van der Waals surface area contributed by atoms with E-state index in [0.29, 0.717) is 11.8 Å². The molecule has 0 spiro atoms. The van der Waals surface area contributed by atoms with Crippen LogP contribution >= 0.6 is 0 Å². The fourth-order valence-electron chi connectivity index (χ4n) is 4.55. The molecule has 3 unspecified atom stereocenters. The fourth-order valence-corrected chi connectivity index (χ4v) is 4.55. The van der Waals surface area contributed by atoms with Crippen molar-refractivity contribution in [3.8, 4) is 0 Å². The Morgan fingerprint density at radius 2 is 2.00 bits per heavy atom. The van der Waals surface area contributed by atoms with Gasteiger partial charge in [0.2, 0.25) is 0 Å². The molecule has 2 heterocycles. The van der Waals surface area contributed by atoms with E-state index in [9.17, 15) is 4.39 Å². The number of ether oxygens (including phenoxy) is 1. The van der Waals surface area contributed by atoms with E-state index in [0.717, 1.165) is 31.2 Å². The summed E-state index contributed by atoms with van der Waals surface area (Å²) in [5.41, 5.74) is 1.01. The molecule has 3 atom stereocenters. The van der Waals surface area contributed by atoms with Crippen LogP contribution < -0.4 is 5.32 Å². The maximum atomic E-state index is 13.3.